The standard InChI is InChI=1S/C15H16INO/c16-13-5-9-15(10-6-13)18-11-1-2-12-3-7-14(17)8-4-12/h3-10H,1-2,11,17H2. The van der Waals surface area contributed by atoms with Gasteiger partial charge in [0, 0.05) is 9.26 Å². The number of ether oxygens (including phenoxy) is 1. The maximum atomic E-state index is 5.68. The van der Waals surface area contributed by atoms with Crippen LogP contribution < -0.4 is 10.5 Å². The molecule has 0 bridgehead atoms. The van der Waals surface area contributed by atoms with Gasteiger partial charge in [0.25, 0.3) is 0 Å². The zero-order chi connectivity index (χ0) is 12.8. The van der Waals surface area contributed by atoms with Gasteiger partial charge in [-0.25, -0.2) is 0 Å². The molecule has 0 fully saturated rings. The molecule has 2 N–H and O–H groups in total. The lowest BCUT2D eigenvalue weighted by Gasteiger charge is -2.06. The van der Waals surface area contributed by atoms with Crippen molar-refractivity contribution in [3.63, 3.8) is 0 Å². The fourth-order valence-electron chi connectivity index (χ4n) is 1.68. The van der Waals surface area contributed by atoms with Gasteiger partial charge < -0.3 is 10.5 Å². The van der Waals surface area contributed by atoms with E-state index in [2.05, 4.69) is 46.9 Å². The molecule has 0 saturated heterocycles. The highest BCUT2D eigenvalue weighted by Crippen LogP contribution is 2.14. The monoisotopic (exact) mass is 353 g/mol. The van der Waals surface area contributed by atoms with E-state index >= 15 is 0 Å². The minimum Gasteiger partial charge on any atom is -0.494 e. The van der Waals surface area contributed by atoms with Crippen LogP contribution in [0.1, 0.15) is 12.0 Å². The molecule has 2 aromatic rings. The van der Waals surface area contributed by atoms with Gasteiger partial charge in [0.15, 0.2) is 0 Å². The number of hydrogen-bond acceptors (Lipinski definition) is 2. The molecule has 94 valence electrons. The Hall–Kier alpha value is -1.23. The van der Waals surface area contributed by atoms with E-state index in [9.17, 15) is 0 Å². The third kappa shape index (κ3) is 4.22. The summed E-state index contributed by atoms with van der Waals surface area (Å²) in [4.78, 5) is 0. The van der Waals surface area contributed by atoms with E-state index in [4.69, 9.17) is 10.5 Å². The summed E-state index contributed by atoms with van der Waals surface area (Å²) in [7, 11) is 0. The largest absolute Gasteiger partial charge is 0.494 e. The minimum atomic E-state index is 0.741. The van der Waals surface area contributed by atoms with Gasteiger partial charge in [-0.15, -0.1) is 0 Å². The Kier molecular flexibility index (Phi) is 4.87. The molecule has 0 aliphatic carbocycles. The van der Waals surface area contributed by atoms with Gasteiger partial charge in [0.2, 0.25) is 0 Å². The Bertz CT molecular complexity index is 431. The molecule has 0 aliphatic rings. The second-order valence-corrected chi connectivity index (χ2v) is 5.39. The van der Waals surface area contributed by atoms with Crippen molar-refractivity contribution < 1.29 is 4.74 Å². The van der Waals surface area contributed by atoms with E-state index in [1.165, 1.54) is 9.13 Å². The van der Waals surface area contributed by atoms with Crippen LogP contribution in [-0.4, -0.2) is 6.61 Å². The average molecular weight is 353 g/mol. The van der Waals surface area contributed by atoms with Crippen LogP contribution in [0.5, 0.6) is 5.75 Å². The molecule has 0 heterocycles. The van der Waals surface area contributed by atoms with E-state index in [1.54, 1.807) is 0 Å². The number of benzene rings is 2. The molecule has 3 heteroatoms. The molecule has 0 saturated carbocycles. The summed E-state index contributed by atoms with van der Waals surface area (Å²) in [6, 6.07) is 16.1. The van der Waals surface area contributed by atoms with E-state index in [0.717, 1.165) is 30.9 Å². The maximum absolute atomic E-state index is 5.68. The van der Waals surface area contributed by atoms with Gasteiger partial charge in [0.05, 0.1) is 6.61 Å². The summed E-state index contributed by atoms with van der Waals surface area (Å²) in [6.45, 7) is 0.741. The first-order chi connectivity index (χ1) is 8.74. The lowest BCUT2D eigenvalue weighted by molar-refractivity contribution is 0.311. The minimum absolute atomic E-state index is 0.741. The molecular weight excluding hydrogens is 337 g/mol. The first-order valence-electron chi connectivity index (χ1n) is 5.97. The Morgan fingerprint density at radius 3 is 2.28 bits per heavy atom. The highest BCUT2D eigenvalue weighted by Gasteiger charge is 1.96. The van der Waals surface area contributed by atoms with Crippen LogP contribution in [0.15, 0.2) is 48.5 Å². The molecular formula is C15H16INO. The zero-order valence-electron chi connectivity index (χ0n) is 10.1. The number of halogens is 1. The quantitative estimate of drug-likeness (QED) is 0.503. The third-order valence-corrected chi connectivity index (χ3v) is 3.39. The maximum Gasteiger partial charge on any atom is 0.119 e. The average Bonchev–Trinajstić information content (AvgIpc) is 2.39. The second kappa shape index (κ2) is 6.64. The number of hydrogen-bond donors (Lipinski definition) is 1. The molecule has 0 radical (unpaired) electrons. The van der Waals surface area contributed by atoms with Crippen molar-refractivity contribution in [3.05, 3.63) is 57.7 Å². The van der Waals surface area contributed by atoms with E-state index in [0.29, 0.717) is 0 Å². The first-order valence-corrected chi connectivity index (χ1v) is 7.05. The van der Waals surface area contributed by atoms with Crippen molar-refractivity contribution in [2.24, 2.45) is 0 Å². The number of nitrogen functional groups attached to an aromatic ring is 1. The van der Waals surface area contributed by atoms with Crippen LogP contribution in [0.3, 0.4) is 0 Å². The lowest BCUT2D eigenvalue weighted by atomic mass is 10.1. The number of rotatable bonds is 5. The summed E-state index contributed by atoms with van der Waals surface area (Å²) in [5.41, 5.74) is 7.76. The number of anilines is 1. The molecule has 2 nitrogen and oxygen atoms in total. The molecule has 0 aliphatic heterocycles. The van der Waals surface area contributed by atoms with Crippen LogP contribution in [0.4, 0.5) is 5.69 Å². The molecule has 18 heavy (non-hydrogen) atoms. The molecule has 0 unspecified atom stereocenters. The van der Waals surface area contributed by atoms with Gasteiger partial charge in [-0.1, -0.05) is 12.1 Å². The predicted molar refractivity (Wildman–Crippen MR) is 83.8 cm³/mol. The van der Waals surface area contributed by atoms with Gasteiger partial charge >= 0.3 is 0 Å². The van der Waals surface area contributed by atoms with Gasteiger partial charge in [-0.2, -0.15) is 0 Å². The van der Waals surface area contributed by atoms with E-state index < -0.39 is 0 Å². The summed E-state index contributed by atoms with van der Waals surface area (Å²) < 4.78 is 6.90. The molecule has 2 rings (SSSR count). The molecule has 0 amide bonds. The third-order valence-electron chi connectivity index (χ3n) is 2.67. The predicted octanol–water partition coefficient (Wildman–Crippen LogP) is 3.89. The normalized spacial score (nSPS) is 10.3. The van der Waals surface area contributed by atoms with Crippen molar-refractivity contribution >= 4 is 28.3 Å². The molecule has 0 aromatic heterocycles. The fraction of sp³-hybridized carbons (Fsp3) is 0.200. The fourth-order valence-corrected chi connectivity index (χ4v) is 2.04. The van der Waals surface area contributed by atoms with Crippen LogP contribution in [0, 0.1) is 3.57 Å². The highest BCUT2D eigenvalue weighted by molar-refractivity contribution is 14.1. The number of aryl methyl sites for hydroxylation is 1. The smallest absolute Gasteiger partial charge is 0.119 e. The summed E-state index contributed by atoms with van der Waals surface area (Å²) in [5.74, 6) is 0.938. The number of nitrogens with two attached hydrogens (primary N) is 1. The van der Waals surface area contributed by atoms with Gasteiger partial charge in [-0.05, 0) is 77.4 Å². The molecule has 0 spiro atoms. The Morgan fingerprint density at radius 1 is 0.944 bits per heavy atom. The van der Waals surface area contributed by atoms with Crippen molar-refractivity contribution in [1.82, 2.24) is 0 Å². The molecule has 0 atom stereocenters. The summed E-state index contributed by atoms with van der Waals surface area (Å²) in [5, 5.41) is 0. The Labute approximate surface area is 121 Å². The van der Waals surface area contributed by atoms with Crippen LogP contribution in [0.2, 0.25) is 0 Å². The van der Waals surface area contributed by atoms with Crippen LogP contribution >= 0.6 is 22.6 Å². The zero-order valence-corrected chi connectivity index (χ0v) is 12.3. The van der Waals surface area contributed by atoms with Gasteiger partial charge in [0.1, 0.15) is 5.75 Å². The van der Waals surface area contributed by atoms with Crippen LogP contribution in [0.25, 0.3) is 0 Å². The van der Waals surface area contributed by atoms with Crippen LogP contribution in [-0.2, 0) is 6.42 Å². The summed E-state index contributed by atoms with van der Waals surface area (Å²) in [6.07, 6.45) is 2.03. The van der Waals surface area contributed by atoms with Crippen molar-refractivity contribution in [1.29, 1.82) is 0 Å². The Balaban J connectivity index is 1.73. The highest BCUT2D eigenvalue weighted by atomic mass is 127. The van der Waals surface area contributed by atoms with Gasteiger partial charge in [-0.3, -0.25) is 0 Å². The van der Waals surface area contributed by atoms with E-state index in [-0.39, 0.29) is 0 Å². The summed E-state index contributed by atoms with van der Waals surface area (Å²) >= 11 is 2.29. The second-order valence-electron chi connectivity index (χ2n) is 4.15. The Morgan fingerprint density at radius 2 is 1.61 bits per heavy atom. The van der Waals surface area contributed by atoms with E-state index in [1.807, 2.05) is 24.3 Å². The first kappa shape index (κ1) is 13.2. The lowest BCUT2D eigenvalue weighted by Crippen LogP contribution is -1.99. The van der Waals surface area contributed by atoms with Crippen molar-refractivity contribution in [3.8, 4) is 5.75 Å². The SMILES string of the molecule is Nc1ccc(CCCOc2ccc(I)cc2)cc1. The molecule has 2 aromatic carbocycles. The van der Waals surface area contributed by atoms with Crippen molar-refractivity contribution in [2.45, 2.75) is 12.8 Å². The van der Waals surface area contributed by atoms with Crippen molar-refractivity contribution in [2.75, 3.05) is 12.3 Å². The topological polar surface area (TPSA) is 35.2 Å².